The molecule has 0 radical (unpaired) electrons. The Morgan fingerprint density at radius 2 is 2.27 bits per heavy atom. The Balaban J connectivity index is 2.27. The van der Waals surface area contributed by atoms with Gasteiger partial charge in [0.2, 0.25) is 0 Å². The standard InChI is InChI=1S/C12H13BrN2/c1-2-15-11-7-9(13)5-6-10(11)14-12(15)8-3-4-8/h5-8H,2-4H2,1H3. The molecule has 1 heterocycles. The van der Waals surface area contributed by atoms with E-state index in [2.05, 4.69) is 45.6 Å². The molecule has 1 fully saturated rings. The molecule has 0 atom stereocenters. The average Bonchev–Trinajstić information content (AvgIpc) is 3.00. The number of imidazole rings is 1. The molecule has 2 nitrogen and oxygen atoms in total. The zero-order valence-corrected chi connectivity index (χ0v) is 10.3. The smallest absolute Gasteiger partial charge is 0.112 e. The van der Waals surface area contributed by atoms with E-state index in [0.29, 0.717) is 0 Å². The normalized spacial score (nSPS) is 16.1. The first-order valence-electron chi connectivity index (χ1n) is 5.45. The monoisotopic (exact) mass is 264 g/mol. The summed E-state index contributed by atoms with van der Waals surface area (Å²) in [5.74, 6) is 2.00. The number of benzene rings is 1. The van der Waals surface area contributed by atoms with E-state index in [1.165, 1.54) is 24.2 Å². The number of rotatable bonds is 2. The van der Waals surface area contributed by atoms with E-state index in [4.69, 9.17) is 4.98 Å². The summed E-state index contributed by atoms with van der Waals surface area (Å²) in [5, 5.41) is 0. The summed E-state index contributed by atoms with van der Waals surface area (Å²) in [4.78, 5) is 4.73. The number of aromatic nitrogens is 2. The quantitative estimate of drug-likeness (QED) is 0.809. The molecule has 1 aliphatic carbocycles. The van der Waals surface area contributed by atoms with Crippen LogP contribution in [0, 0.1) is 0 Å². The Hall–Kier alpha value is -0.830. The highest BCUT2D eigenvalue weighted by Crippen LogP contribution is 2.40. The fourth-order valence-electron chi connectivity index (χ4n) is 2.10. The van der Waals surface area contributed by atoms with Crippen LogP contribution in [0.3, 0.4) is 0 Å². The van der Waals surface area contributed by atoms with Gasteiger partial charge in [0.05, 0.1) is 11.0 Å². The largest absolute Gasteiger partial charge is 0.328 e. The van der Waals surface area contributed by atoms with Gasteiger partial charge in [0.1, 0.15) is 5.82 Å². The predicted molar refractivity (Wildman–Crippen MR) is 65.1 cm³/mol. The van der Waals surface area contributed by atoms with Gasteiger partial charge in [-0.05, 0) is 38.0 Å². The second-order valence-electron chi connectivity index (χ2n) is 4.12. The molecule has 0 bridgehead atoms. The SMILES string of the molecule is CCn1c(C2CC2)nc2ccc(Br)cc21. The van der Waals surface area contributed by atoms with Crippen LogP contribution < -0.4 is 0 Å². The minimum absolute atomic E-state index is 0.719. The zero-order valence-electron chi connectivity index (χ0n) is 8.70. The van der Waals surface area contributed by atoms with Gasteiger partial charge in [-0.2, -0.15) is 0 Å². The molecular formula is C12H13BrN2. The Morgan fingerprint density at radius 1 is 1.47 bits per heavy atom. The molecule has 3 rings (SSSR count). The van der Waals surface area contributed by atoms with Crippen LogP contribution in [0.25, 0.3) is 11.0 Å². The second kappa shape index (κ2) is 3.34. The molecule has 0 unspecified atom stereocenters. The van der Waals surface area contributed by atoms with E-state index in [9.17, 15) is 0 Å². The Morgan fingerprint density at radius 3 is 2.93 bits per heavy atom. The van der Waals surface area contributed by atoms with Gasteiger partial charge in [-0.15, -0.1) is 0 Å². The summed E-state index contributed by atoms with van der Waals surface area (Å²) >= 11 is 3.52. The molecule has 1 aliphatic rings. The molecule has 0 N–H and O–H groups in total. The minimum Gasteiger partial charge on any atom is -0.328 e. The van der Waals surface area contributed by atoms with Crippen molar-refractivity contribution in [3.05, 3.63) is 28.5 Å². The van der Waals surface area contributed by atoms with Crippen molar-refractivity contribution in [1.82, 2.24) is 9.55 Å². The summed E-state index contributed by atoms with van der Waals surface area (Å²) in [6.07, 6.45) is 2.62. The summed E-state index contributed by atoms with van der Waals surface area (Å²) in [5.41, 5.74) is 2.38. The zero-order chi connectivity index (χ0) is 10.4. The van der Waals surface area contributed by atoms with E-state index in [1.54, 1.807) is 0 Å². The number of halogens is 1. The van der Waals surface area contributed by atoms with Gasteiger partial charge >= 0.3 is 0 Å². The summed E-state index contributed by atoms with van der Waals surface area (Å²) in [7, 11) is 0. The third-order valence-corrected chi connectivity index (χ3v) is 3.49. The molecule has 78 valence electrons. The Labute approximate surface area is 97.4 Å². The molecule has 1 aromatic carbocycles. The molecule has 1 aromatic heterocycles. The molecule has 0 saturated heterocycles. The number of nitrogens with zero attached hydrogens (tertiary/aromatic N) is 2. The van der Waals surface area contributed by atoms with Gasteiger partial charge in [-0.25, -0.2) is 4.98 Å². The molecule has 15 heavy (non-hydrogen) atoms. The summed E-state index contributed by atoms with van der Waals surface area (Å²) < 4.78 is 3.48. The van der Waals surface area contributed by atoms with Crippen LogP contribution in [0.1, 0.15) is 31.5 Å². The maximum Gasteiger partial charge on any atom is 0.112 e. The maximum absolute atomic E-state index is 4.73. The first-order chi connectivity index (χ1) is 7.29. The van der Waals surface area contributed by atoms with Crippen molar-refractivity contribution in [3.63, 3.8) is 0 Å². The fraction of sp³-hybridized carbons (Fsp3) is 0.417. The van der Waals surface area contributed by atoms with Crippen molar-refractivity contribution in [2.45, 2.75) is 32.2 Å². The molecule has 3 heteroatoms. The van der Waals surface area contributed by atoms with Crippen LogP contribution in [0.5, 0.6) is 0 Å². The first-order valence-corrected chi connectivity index (χ1v) is 6.24. The molecule has 2 aromatic rings. The second-order valence-corrected chi connectivity index (χ2v) is 5.04. The van der Waals surface area contributed by atoms with Crippen molar-refractivity contribution in [2.24, 2.45) is 0 Å². The lowest BCUT2D eigenvalue weighted by atomic mass is 10.3. The van der Waals surface area contributed by atoms with Gasteiger partial charge in [-0.3, -0.25) is 0 Å². The molecule has 1 saturated carbocycles. The highest BCUT2D eigenvalue weighted by molar-refractivity contribution is 9.10. The third-order valence-electron chi connectivity index (χ3n) is 3.00. The highest BCUT2D eigenvalue weighted by atomic mass is 79.9. The highest BCUT2D eigenvalue weighted by Gasteiger charge is 2.29. The topological polar surface area (TPSA) is 17.8 Å². The van der Waals surface area contributed by atoms with Gasteiger partial charge in [0.25, 0.3) is 0 Å². The van der Waals surface area contributed by atoms with Crippen LogP contribution in [-0.2, 0) is 6.54 Å². The van der Waals surface area contributed by atoms with Crippen LogP contribution in [0.2, 0.25) is 0 Å². The van der Waals surface area contributed by atoms with Crippen molar-refractivity contribution >= 4 is 27.0 Å². The predicted octanol–water partition coefficient (Wildman–Crippen LogP) is 3.70. The van der Waals surface area contributed by atoms with E-state index >= 15 is 0 Å². The number of hydrogen-bond donors (Lipinski definition) is 0. The van der Waals surface area contributed by atoms with Crippen LogP contribution >= 0.6 is 15.9 Å². The van der Waals surface area contributed by atoms with Crippen molar-refractivity contribution in [2.75, 3.05) is 0 Å². The van der Waals surface area contributed by atoms with Crippen molar-refractivity contribution < 1.29 is 0 Å². The summed E-state index contributed by atoms with van der Waals surface area (Å²) in [6, 6.07) is 6.32. The molecule has 0 amide bonds. The van der Waals surface area contributed by atoms with Gasteiger partial charge < -0.3 is 4.57 Å². The van der Waals surface area contributed by atoms with E-state index < -0.39 is 0 Å². The van der Waals surface area contributed by atoms with Gasteiger partial charge in [-0.1, -0.05) is 15.9 Å². The van der Waals surface area contributed by atoms with Crippen molar-refractivity contribution in [3.8, 4) is 0 Å². The number of fused-ring (bicyclic) bond motifs is 1. The van der Waals surface area contributed by atoms with E-state index in [0.717, 1.165) is 22.5 Å². The lowest BCUT2D eigenvalue weighted by Gasteiger charge is -2.04. The molecule has 0 aliphatic heterocycles. The molecular weight excluding hydrogens is 252 g/mol. The lowest BCUT2D eigenvalue weighted by Crippen LogP contribution is -1.99. The van der Waals surface area contributed by atoms with Crippen molar-refractivity contribution in [1.29, 1.82) is 0 Å². The third kappa shape index (κ3) is 1.49. The summed E-state index contributed by atoms with van der Waals surface area (Å²) in [6.45, 7) is 3.20. The van der Waals surface area contributed by atoms with Gasteiger partial charge in [0, 0.05) is 16.9 Å². The first kappa shape index (κ1) is 9.40. The van der Waals surface area contributed by atoms with Crippen LogP contribution in [0.4, 0.5) is 0 Å². The fourth-order valence-corrected chi connectivity index (χ4v) is 2.45. The minimum atomic E-state index is 0.719. The Kier molecular flexibility index (Phi) is 2.09. The van der Waals surface area contributed by atoms with E-state index in [-0.39, 0.29) is 0 Å². The average molecular weight is 265 g/mol. The van der Waals surface area contributed by atoms with Crippen LogP contribution in [0.15, 0.2) is 22.7 Å². The maximum atomic E-state index is 4.73. The van der Waals surface area contributed by atoms with E-state index in [1.807, 2.05) is 0 Å². The molecule has 0 spiro atoms. The van der Waals surface area contributed by atoms with Gasteiger partial charge in [0.15, 0.2) is 0 Å². The Bertz CT molecular complexity index is 512. The number of hydrogen-bond acceptors (Lipinski definition) is 1. The number of aryl methyl sites for hydroxylation is 1. The van der Waals surface area contributed by atoms with Crippen LogP contribution in [-0.4, -0.2) is 9.55 Å². The lowest BCUT2D eigenvalue weighted by molar-refractivity contribution is 0.720.